The largest absolute Gasteiger partial charge is 0.490 e. The van der Waals surface area contributed by atoms with Crippen molar-refractivity contribution in [1.29, 1.82) is 0 Å². The van der Waals surface area contributed by atoms with E-state index < -0.39 is 5.97 Å². The van der Waals surface area contributed by atoms with Crippen molar-refractivity contribution < 1.29 is 14.3 Å². The topological polar surface area (TPSA) is 78.6 Å². The molecular weight excluding hydrogens is 296 g/mol. The maximum Gasteiger partial charge on any atom is 0.378 e. The predicted molar refractivity (Wildman–Crippen MR) is 82.5 cm³/mol. The minimum atomic E-state index is -0.593. The number of nitrogens with zero attached hydrogens (tertiary/aromatic N) is 4. The molecule has 23 heavy (non-hydrogen) atoms. The van der Waals surface area contributed by atoms with Crippen LogP contribution in [0.15, 0.2) is 36.4 Å². The third-order valence-electron chi connectivity index (χ3n) is 3.13. The lowest BCUT2D eigenvalue weighted by atomic mass is 10.3. The summed E-state index contributed by atoms with van der Waals surface area (Å²) in [6.07, 6.45) is 0. The highest BCUT2D eigenvalue weighted by atomic mass is 16.6. The lowest BCUT2D eigenvalue weighted by Gasteiger charge is -2.05. The molecule has 0 radical (unpaired) electrons. The number of para-hydroxylation sites is 1. The molecule has 3 rings (SSSR count). The van der Waals surface area contributed by atoms with Crippen LogP contribution >= 0.6 is 0 Å². The Morgan fingerprint density at radius 3 is 2.70 bits per heavy atom. The second-order valence-corrected chi connectivity index (χ2v) is 4.98. The van der Waals surface area contributed by atoms with Gasteiger partial charge in [0.15, 0.2) is 0 Å². The van der Waals surface area contributed by atoms with Crippen molar-refractivity contribution in [3.63, 3.8) is 0 Å². The Balaban J connectivity index is 1.59. The van der Waals surface area contributed by atoms with Crippen LogP contribution in [0.3, 0.4) is 0 Å². The first kappa shape index (κ1) is 15.0. The molecular formula is C16H16N4O3. The van der Waals surface area contributed by atoms with Crippen LogP contribution in [0.1, 0.15) is 22.0 Å². The Bertz CT molecular complexity index is 830. The van der Waals surface area contributed by atoms with E-state index in [1.807, 2.05) is 50.2 Å². The summed E-state index contributed by atoms with van der Waals surface area (Å²) in [5, 5.41) is 4.12. The number of hydrogen-bond donors (Lipinski definition) is 0. The van der Waals surface area contributed by atoms with E-state index in [9.17, 15) is 4.79 Å². The van der Waals surface area contributed by atoms with Crippen molar-refractivity contribution in [3.8, 4) is 5.75 Å². The van der Waals surface area contributed by atoms with Gasteiger partial charge in [0.05, 0.1) is 0 Å². The minimum Gasteiger partial charge on any atom is -0.490 e. The molecule has 3 aromatic rings. The number of carbonyl (C=O) groups excluding carboxylic acids is 1. The van der Waals surface area contributed by atoms with Gasteiger partial charge in [-0.25, -0.2) is 14.3 Å². The van der Waals surface area contributed by atoms with Gasteiger partial charge in [0.2, 0.25) is 0 Å². The number of benzene rings is 1. The van der Waals surface area contributed by atoms with Crippen molar-refractivity contribution in [2.45, 2.75) is 13.8 Å². The van der Waals surface area contributed by atoms with Gasteiger partial charge in [-0.3, -0.25) is 0 Å². The molecule has 0 saturated carbocycles. The molecule has 0 atom stereocenters. The summed E-state index contributed by atoms with van der Waals surface area (Å²) in [5.74, 6) is 0.509. The molecule has 0 amide bonds. The van der Waals surface area contributed by atoms with Crippen LogP contribution in [-0.2, 0) is 4.74 Å². The lowest BCUT2D eigenvalue weighted by Crippen LogP contribution is -2.13. The van der Waals surface area contributed by atoms with E-state index in [1.165, 1.54) is 4.52 Å². The standard InChI is InChI=1S/C16H16N4O3/c1-11-10-12(2)20-16(17-11)18-14(19-20)15(21)23-9-8-22-13-6-4-3-5-7-13/h3-7,10H,8-9H2,1-2H3. The summed E-state index contributed by atoms with van der Waals surface area (Å²) in [6, 6.07) is 11.2. The molecule has 0 fully saturated rings. The highest BCUT2D eigenvalue weighted by Crippen LogP contribution is 2.08. The van der Waals surface area contributed by atoms with Gasteiger partial charge in [0.25, 0.3) is 11.6 Å². The summed E-state index contributed by atoms with van der Waals surface area (Å²) >= 11 is 0. The maximum absolute atomic E-state index is 12.0. The number of rotatable bonds is 5. The van der Waals surface area contributed by atoms with E-state index in [4.69, 9.17) is 9.47 Å². The number of ether oxygens (including phenoxy) is 2. The Kier molecular flexibility index (Phi) is 4.18. The van der Waals surface area contributed by atoms with Gasteiger partial charge in [-0.1, -0.05) is 18.2 Å². The minimum absolute atomic E-state index is 0.00842. The van der Waals surface area contributed by atoms with Gasteiger partial charge in [0.1, 0.15) is 19.0 Å². The Labute approximate surface area is 132 Å². The number of carbonyl (C=O) groups is 1. The number of aromatic nitrogens is 4. The van der Waals surface area contributed by atoms with Gasteiger partial charge >= 0.3 is 5.97 Å². The van der Waals surface area contributed by atoms with Gasteiger partial charge in [0, 0.05) is 11.4 Å². The average Bonchev–Trinajstić information content (AvgIpc) is 2.97. The van der Waals surface area contributed by atoms with Crippen molar-refractivity contribution in [1.82, 2.24) is 19.6 Å². The molecule has 2 heterocycles. The zero-order chi connectivity index (χ0) is 16.2. The summed E-state index contributed by atoms with van der Waals surface area (Å²) in [7, 11) is 0. The van der Waals surface area contributed by atoms with Crippen molar-refractivity contribution in [3.05, 3.63) is 53.6 Å². The van der Waals surface area contributed by atoms with Crippen LogP contribution < -0.4 is 4.74 Å². The highest BCUT2D eigenvalue weighted by Gasteiger charge is 2.16. The van der Waals surface area contributed by atoms with Gasteiger partial charge < -0.3 is 9.47 Å². The summed E-state index contributed by atoms with van der Waals surface area (Å²) in [5.41, 5.74) is 1.67. The first-order valence-electron chi connectivity index (χ1n) is 7.19. The SMILES string of the molecule is Cc1cc(C)n2nc(C(=O)OCCOc3ccccc3)nc2n1. The molecule has 0 aliphatic heterocycles. The summed E-state index contributed by atoms with van der Waals surface area (Å²) in [4.78, 5) is 20.3. The first-order valence-corrected chi connectivity index (χ1v) is 7.19. The predicted octanol–water partition coefficient (Wildman–Crippen LogP) is 1.98. The fourth-order valence-electron chi connectivity index (χ4n) is 2.13. The van der Waals surface area contributed by atoms with Gasteiger partial charge in [-0.2, -0.15) is 4.98 Å². The van der Waals surface area contributed by atoms with Gasteiger partial charge in [-0.15, -0.1) is 5.10 Å². The average molecular weight is 312 g/mol. The smallest absolute Gasteiger partial charge is 0.378 e. The van der Waals surface area contributed by atoms with Crippen molar-refractivity contribution >= 4 is 11.7 Å². The number of fused-ring (bicyclic) bond motifs is 1. The van der Waals surface area contributed by atoms with E-state index >= 15 is 0 Å². The molecule has 2 aromatic heterocycles. The molecule has 0 aliphatic rings. The summed E-state index contributed by atoms with van der Waals surface area (Å²) in [6.45, 7) is 4.12. The molecule has 1 aromatic carbocycles. The zero-order valence-electron chi connectivity index (χ0n) is 12.9. The van der Waals surface area contributed by atoms with Crippen molar-refractivity contribution in [2.24, 2.45) is 0 Å². The molecule has 0 unspecified atom stereocenters. The van der Waals surface area contributed by atoms with Crippen LogP contribution in [-0.4, -0.2) is 38.8 Å². The molecule has 7 nitrogen and oxygen atoms in total. The molecule has 7 heteroatoms. The third-order valence-corrected chi connectivity index (χ3v) is 3.13. The molecule has 0 spiro atoms. The maximum atomic E-state index is 12.0. The number of aryl methyl sites for hydroxylation is 2. The number of esters is 1. The molecule has 0 saturated heterocycles. The van der Waals surface area contributed by atoms with Crippen molar-refractivity contribution in [2.75, 3.05) is 13.2 Å². The van der Waals surface area contributed by atoms with E-state index in [2.05, 4.69) is 15.1 Å². The Morgan fingerprint density at radius 2 is 1.91 bits per heavy atom. The van der Waals surface area contributed by atoms with Crippen LogP contribution in [0.5, 0.6) is 5.75 Å². The van der Waals surface area contributed by atoms with Crippen LogP contribution in [0.4, 0.5) is 0 Å². The first-order chi connectivity index (χ1) is 11.1. The fourth-order valence-corrected chi connectivity index (χ4v) is 2.13. The fraction of sp³-hybridized carbons (Fsp3) is 0.250. The Morgan fingerprint density at radius 1 is 1.13 bits per heavy atom. The highest BCUT2D eigenvalue weighted by molar-refractivity contribution is 5.85. The molecule has 0 aliphatic carbocycles. The summed E-state index contributed by atoms with van der Waals surface area (Å²) < 4.78 is 12.1. The van der Waals surface area contributed by atoms with Crippen LogP contribution in [0, 0.1) is 13.8 Å². The van der Waals surface area contributed by atoms with Crippen LogP contribution in [0.25, 0.3) is 5.78 Å². The molecule has 0 bridgehead atoms. The second kappa shape index (κ2) is 6.43. The third kappa shape index (κ3) is 3.45. The van der Waals surface area contributed by atoms with Gasteiger partial charge in [-0.05, 0) is 32.0 Å². The normalized spacial score (nSPS) is 10.7. The van der Waals surface area contributed by atoms with E-state index in [1.54, 1.807) is 0 Å². The van der Waals surface area contributed by atoms with E-state index in [-0.39, 0.29) is 19.0 Å². The number of hydrogen-bond acceptors (Lipinski definition) is 6. The molecule has 118 valence electrons. The van der Waals surface area contributed by atoms with Crippen LogP contribution in [0.2, 0.25) is 0 Å². The zero-order valence-corrected chi connectivity index (χ0v) is 12.9. The second-order valence-electron chi connectivity index (χ2n) is 4.98. The Hall–Kier alpha value is -2.96. The van der Waals surface area contributed by atoms with E-state index in [0.717, 1.165) is 17.1 Å². The quantitative estimate of drug-likeness (QED) is 0.529. The lowest BCUT2D eigenvalue weighted by molar-refractivity contribution is 0.0436. The molecule has 0 N–H and O–H groups in total. The van der Waals surface area contributed by atoms with E-state index in [0.29, 0.717) is 5.78 Å². The monoisotopic (exact) mass is 312 g/mol.